The van der Waals surface area contributed by atoms with Gasteiger partial charge in [-0.2, -0.15) is 0 Å². The summed E-state index contributed by atoms with van der Waals surface area (Å²) in [4.78, 5) is 6.94. The first kappa shape index (κ1) is 21.2. The number of nitrogens with zero attached hydrogens (tertiary/aromatic N) is 3. The number of rotatable bonds is 6. The van der Waals surface area contributed by atoms with E-state index >= 15 is 0 Å². The van der Waals surface area contributed by atoms with Crippen LogP contribution in [0.1, 0.15) is 29.3 Å². The van der Waals surface area contributed by atoms with Gasteiger partial charge in [0.05, 0.1) is 6.17 Å². The van der Waals surface area contributed by atoms with Crippen molar-refractivity contribution in [2.45, 2.75) is 25.7 Å². The van der Waals surface area contributed by atoms with Crippen LogP contribution >= 0.6 is 0 Å². The molecular formula is C26H31N3O2. The van der Waals surface area contributed by atoms with Crippen LogP contribution in [0.25, 0.3) is 0 Å². The molecule has 0 aliphatic carbocycles. The van der Waals surface area contributed by atoms with Crippen molar-refractivity contribution in [3.8, 4) is 11.5 Å². The van der Waals surface area contributed by atoms with Gasteiger partial charge in [-0.15, -0.1) is 0 Å². The molecule has 0 saturated carbocycles. The Morgan fingerprint density at radius 1 is 0.742 bits per heavy atom. The highest BCUT2D eigenvalue weighted by molar-refractivity contribution is 5.46. The summed E-state index contributed by atoms with van der Waals surface area (Å²) in [6, 6.07) is 23.8. The fourth-order valence-electron chi connectivity index (χ4n) is 4.38. The first-order chi connectivity index (χ1) is 15.0. The third kappa shape index (κ3) is 4.84. The molecular weight excluding hydrogens is 386 g/mol. The Hall–Kier alpha value is -3.02. The minimum atomic E-state index is 0.0594. The normalized spacial score (nSPS) is 15.8. The second-order valence-corrected chi connectivity index (χ2v) is 8.41. The van der Waals surface area contributed by atoms with Crippen molar-refractivity contribution in [2.24, 2.45) is 0 Å². The van der Waals surface area contributed by atoms with Crippen LogP contribution in [0.2, 0.25) is 0 Å². The van der Waals surface area contributed by atoms with Crippen molar-refractivity contribution in [1.82, 2.24) is 9.80 Å². The molecule has 1 aliphatic heterocycles. The number of hydrogen-bond donors (Lipinski definition) is 2. The van der Waals surface area contributed by atoms with Gasteiger partial charge in [0.1, 0.15) is 11.5 Å². The van der Waals surface area contributed by atoms with Crippen molar-refractivity contribution in [3.63, 3.8) is 0 Å². The molecule has 2 N–H and O–H groups in total. The zero-order valence-electron chi connectivity index (χ0n) is 18.3. The molecule has 0 amide bonds. The van der Waals surface area contributed by atoms with Gasteiger partial charge in [-0.05, 0) is 36.2 Å². The van der Waals surface area contributed by atoms with Crippen LogP contribution < -0.4 is 4.90 Å². The summed E-state index contributed by atoms with van der Waals surface area (Å²) < 4.78 is 0. The van der Waals surface area contributed by atoms with E-state index in [9.17, 15) is 10.2 Å². The van der Waals surface area contributed by atoms with E-state index in [-0.39, 0.29) is 6.17 Å². The van der Waals surface area contributed by atoms with Crippen LogP contribution in [0.3, 0.4) is 0 Å². The molecule has 1 saturated heterocycles. The maximum atomic E-state index is 10.4. The maximum absolute atomic E-state index is 10.4. The highest BCUT2D eigenvalue weighted by atomic mass is 16.3. The number of aromatic hydroxyl groups is 2. The zero-order chi connectivity index (χ0) is 21.8. The van der Waals surface area contributed by atoms with Crippen LogP contribution in [0.4, 0.5) is 5.69 Å². The lowest BCUT2D eigenvalue weighted by Crippen LogP contribution is -2.46. The average molecular weight is 418 g/mol. The molecule has 1 fully saturated rings. The second-order valence-electron chi connectivity index (χ2n) is 8.41. The molecule has 0 atom stereocenters. The zero-order valence-corrected chi connectivity index (χ0v) is 18.3. The van der Waals surface area contributed by atoms with E-state index in [0.29, 0.717) is 24.6 Å². The SMILES string of the molecule is CN(C)c1ccc(C2N(Cc3ccccc3O)CCCN2Cc2ccccc2O)cc1. The molecule has 0 aromatic heterocycles. The van der Waals surface area contributed by atoms with Gasteiger partial charge in [0.25, 0.3) is 0 Å². The van der Waals surface area contributed by atoms with E-state index in [1.807, 2.05) is 50.5 Å². The monoisotopic (exact) mass is 417 g/mol. The molecule has 0 radical (unpaired) electrons. The fourth-order valence-corrected chi connectivity index (χ4v) is 4.38. The van der Waals surface area contributed by atoms with Gasteiger partial charge in [-0.3, -0.25) is 9.80 Å². The number of para-hydroxylation sites is 2. The number of phenols is 2. The maximum Gasteiger partial charge on any atom is 0.120 e. The number of anilines is 1. The van der Waals surface area contributed by atoms with E-state index < -0.39 is 0 Å². The van der Waals surface area contributed by atoms with Gasteiger partial charge in [-0.25, -0.2) is 0 Å². The van der Waals surface area contributed by atoms with Crippen molar-refractivity contribution >= 4 is 5.69 Å². The average Bonchev–Trinajstić information content (AvgIpc) is 2.77. The third-order valence-corrected chi connectivity index (χ3v) is 6.02. The van der Waals surface area contributed by atoms with E-state index in [4.69, 9.17) is 0 Å². The summed E-state index contributed by atoms with van der Waals surface area (Å²) in [5.41, 5.74) is 4.25. The molecule has 5 nitrogen and oxygen atoms in total. The summed E-state index contributed by atoms with van der Waals surface area (Å²) in [7, 11) is 4.09. The molecule has 5 heteroatoms. The molecule has 4 rings (SSSR count). The van der Waals surface area contributed by atoms with Crippen molar-refractivity contribution in [3.05, 3.63) is 89.5 Å². The van der Waals surface area contributed by atoms with E-state index in [1.54, 1.807) is 12.1 Å². The Labute approximate surface area is 184 Å². The summed E-state index contributed by atoms with van der Waals surface area (Å²) in [5, 5.41) is 20.7. The molecule has 1 aliphatic rings. The Morgan fingerprint density at radius 2 is 1.23 bits per heavy atom. The first-order valence-corrected chi connectivity index (χ1v) is 10.8. The van der Waals surface area contributed by atoms with Gasteiger partial charge in [0.15, 0.2) is 0 Å². The van der Waals surface area contributed by atoms with Crippen LogP contribution in [-0.2, 0) is 13.1 Å². The molecule has 162 valence electrons. The molecule has 1 heterocycles. The summed E-state index contributed by atoms with van der Waals surface area (Å²) in [5.74, 6) is 0.670. The Kier molecular flexibility index (Phi) is 6.44. The van der Waals surface area contributed by atoms with Gasteiger partial charge < -0.3 is 15.1 Å². The molecule has 31 heavy (non-hydrogen) atoms. The van der Waals surface area contributed by atoms with Gasteiger partial charge in [0.2, 0.25) is 0 Å². The molecule has 3 aromatic rings. The number of phenolic OH excluding ortho intramolecular Hbond substituents is 2. The van der Waals surface area contributed by atoms with Crippen LogP contribution in [0.5, 0.6) is 11.5 Å². The van der Waals surface area contributed by atoms with E-state index in [0.717, 1.165) is 30.6 Å². The smallest absolute Gasteiger partial charge is 0.120 e. The quantitative estimate of drug-likeness (QED) is 0.615. The lowest BCUT2D eigenvalue weighted by molar-refractivity contribution is -0.00975. The first-order valence-electron chi connectivity index (χ1n) is 10.8. The molecule has 0 spiro atoms. The number of benzene rings is 3. The minimum absolute atomic E-state index is 0.0594. The molecule has 0 unspecified atom stereocenters. The van der Waals surface area contributed by atoms with Crippen LogP contribution in [-0.4, -0.2) is 47.2 Å². The number of hydrogen-bond acceptors (Lipinski definition) is 5. The van der Waals surface area contributed by atoms with Crippen molar-refractivity contribution in [2.75, 3.05) is 32.1 Å². The van der Waals surface area contributed by atoms with Crippen molar-refractivity contribution in [1.29, 1.82) is 0 Å². The summed E-state index contributed by atoms with van der Waals surface area (Å²) >= 11 is 0. The van der Waals surface area contributed by atoms with Gasteiger partial charge >= 0.3 is 0 Å². The standard InChI is InChI=1S/C26H31N3O2/c1-27(2)23-14-12-20(13-15-23)26-28(18-21-8-3-5-10-24(21)30)16-7-17-29(26)19-22-9-4-6-11-25(22)31/h3-6,8-15,26,30-31H,7,16-19H2,1-2H3. The van der Waals surface area contributed by atoms with E-state index in [2.05, 4.69) is 39.0 Å². The van der Waals surface area contributed by atoms with E-state index in [1.165, 1.54) is 11.3 Å². The summed E-state index contributed by atoms with van der Waals surface area (Å²) in [6.45, 7) is 3.24. The largest absolute Gasteiger partial charge is 0.508 e. The lowest BCUT2D eigenvalue weighted by atomic mass is 10.0. The van der Waals surface area contributed by atoms with Crippen molar-refractivity contribution < 1.29 is 10.2 Å². The second kappa shape index (κ2) is 9.41. The lowest BCUT2D eigenvalue weighted by Gasteiger charge is -2.44. The Morgan fingerprint density at radius 3 is 1.68 bits per heavy atom. The molecule has 3 aromatic carbocycles. The Balaban J connectivity index is 1.67. The molecule has 0 bridgehead atoms. The highest BCUT2D eigenvalue weighted by Gasteiger charge is 2.31. The topological polar surface area (TPSA) is 50.2 Å². The van der Waals surface area contributed by atoms with Gasteiger partial charge in [0, 0.05) is 57.1 Å². The predicted molar refractivity (Wildman–Crippen MR) is 125 cm³/mol. The predicted octanol–water partition coefficient (Wildman–Crippen LogP) is 4.57. The summed E-state index contributed by atoms with van der Waals surface area (Å²) in [6.07, 6.45) is 1.09. The minimum Gasteiger partial charge on any atom is -0.508 e. The van der Waals surface area contributed by atoms with Crippen LogP contribution in [0.15, 0.2) is 72.8 Å². The fraction of sp³-hybridized carbons (Fsp3) is 0.308. The highest BCUT2D eigenvalue weighted by Crippen LogP contribution is 2.35. The Bertz CT molecular complexity index is 948. The van der Waals surface area contributed by atoms with Gasteiger partial charge in [-0.1, -0.05) is 48.5 Å². The van der Waals surface area contributed by atoms with Crippen LogP contribution in [0, 0.1) is 0 Å². The third-order valence-electron chi connectivity index (χ3n) is 6.02.